The molecule has 1 saturated heterocycles. The molecule has 0 aromatic carbocycles. The van der Waals surface area contributed by atoms with Crippen molar-refractivity contribution in [2.24, 2.45) is 10.4 Å². The second kappa shape index (κ2) is 9.24. The number of thiophene rings is 1. The van der Waals surface area contributed by atoms with E-state index in [1.807, 2.05) is 18.4 Å². The highest BCUT2D eigenvalue weighted by atomic mass is 127. The minimum atomic E-state index is 0. The predicted octanol–water partition coefficient (Wildman–Crippen LogP) is 2.88. The van der Waals surface area contributed by atoms with E-state index in [0.29, 0.717) is 5.41 Å². The average molecular weight is 464 g/mol. The smallest absolute Gasteiger partial charge is 0.193 e. The van der Waals surface area contributed by atoms with E-state index >= 15 is 0 Å². The van der Waals surface area contributed by atoms with Gasteiger partial charge in [-0.15, -0.1) is 35.3 Å². The van der Waals surface area contributed by atoms with Crippen LogP contribution >= 0.6 is 35.3 Å². The third-order valence-electron chi connectivity index (χ3n) is 5.02. The van der Waals surface area contributed by atoms with Crippen LogP contribution in [0.1, 0.15) is 19.3 Å². The standard InChI is InChI=1S/C17H28N4OS.HI/c1-18-16(19-14-17(5-6-17)7-12-22-2)21-10-8-20(9-11-21)15-4-3-13-23-15;/h3-4,13H,5-12,14H2,1-2H3,(H,18,19);1H. The Bertz CT molecular complexity index is 511. The van der Waals surface area contributed by atoms with Crippen LogP contribution in [0.3, 0.4) is 0 Å². The summed E-state index contributed by atoms with van der Waals surface area (Å²) in [5.41, 5.74) is 0.449. The van der Waals surface area contributed by atoms with E-state index in [2.05, 4.69) is 37.6 Å². The Morgan fingerprint density at radius 2 is 2.08 bits per heavy atom. The number of piperazine rings is 1. The first-order valence-corrected chi connectivity index (χ1v) is 9.37. The van der Waals surface area contributed by atoms with Crippen molar-refractivity contribution in [2.45, 2.75) is 19.3 Å². The number of hydrogen-bond donors (Lipinski definition) is 1. The Morgan fingerprint density at radius 1 is 1.33 bits per heavy atom. The summed E-state index contributed by atoms with van der Waals surface area (Å²) in [5.74, 6) is 1.06. The normalized spacial score (nSPS) is 19.8. The quantitative estimate of drug-likeness (QED) is 0.400. The molecule has 0 unspecified atom stereocenters. The highest BCUT2D eigenvalue weighted by molar-refractivity contribution is 14.0. The fourth-order valence-electron chi connectivity index (χ4n) is 3.20. The molecule has 1 aromatic rings. The molecule has 0 atom stereocenters. The molecule has 2 fully saturated rings. The number of nitrogens with zero attached hydrogens (tertiary/aromatic N) is 3. The first kappa shape index (κ1) is 19.8. The molecule has 1 aliphatic carbocycles. The van der Waals surface area contributed by atoms with Gasteiger partial charge < -0.3 is 19.9 Å². The monoisotopic (exact) mass is 464 g/mol. The second-order valence-corrected chi connectivity index (χ2v) is 7.50. The molecule has 1 aliphatic heterocycles. The Labute approximate surface area is 166 Å². The molecule has 0 amide bonds. The summed E-state index contributed by atoms with van der Waals surface area (Å²) in [6, 6.07) is 4.34. The fourth-order valence-corrected chi connectivity index (χ4v) is 3.98. The Morgan fingerprint density at radius 3 is 2.62 bits per heavy atom. The van der Waals surface area contributed by atoms with Crippen molar-refractivity contribution in [1.29, 1.82) is 0 Å². The van der Waals surface area contributed by atoms with E-state index in [1.165, 1.54) is 17.8 Å². The Kier molecular flexibility index (Phi) is 7.61. The lowest BCUT2D eigenvalue weighted by atomic mass is 10.0. The van der Waals surface area contributed by atoms with Crippen LogP contribution in [-0.2, 0) is 4.74 Å². The summed E-state index contributed by atoms with van der Waals surface area (Å²) >= 11 is 1.82. The Balaban J connectivity index is 0.00000208. The lowest BCUT2D eigenvalue weighted by molar-refractivity contribution is 0.172. The van der Waals surface area contributed by atoms with Gasteiger partial charge >= 0.3 is 0 Å². The zero-order valence-electron chi connectivity index (χ0n) is 14.7. The third kappa shape index (κ3) is 4.98. The highest BCUT2D eigenvalue weighted by Gasteiger charge is 2.42. The molecule has 1 saturated carbocycles. The number of rotatable bonds is 6. The van der Waals surface area contributed by atoms with Crippen molar-refractivity contribution < 1.29 is 4.74 Å². The maximum absolute atomic E-state index is 5.24. The predicted molar refractivity (Wildman–Crippen MR) is 113 cm³/mol. The van der Waals surface area contributed by atoms with Gasteiger partial charge in [0.2, 0.25) is 0 Å². The minimum absolute atomic E-state index is 0. The van der Waals surface area contributed by atoms with Crippen molar-refractivity contribution in [3.63, 3.8) is 0 Å². The van der Waals surface area contributed by atoms with E-state index in [1.54, 1.807) is 7.11 Å². The summed E-state index contributed by atoms with van der Waals surface area (Å²) < 4.78 is 5.24. The molecule has 7 heteroatoms. The van der Waals surface area contributed by atoms with Crippen LogP contribution in [-0.4, -0.2) is 64.3 Å². The van der Waals surface area contributed by atoms with E-state index in [9.17, 15) is 0 Å². The summed E-state index contributed by atoms with van der Waals surface area (Å²) in [6.45, 7) is 6.07. The lowest BCUT2D eigenvalue weighted by Gasteiger charge is -2.37. The molecule has 5 nitrogen and oxygen atoms in total. The van der Waals surface area contributed by atoms with Crippen LogP contribution in [0.15, 0.2) is 22.5 Å². The SMILES string of the molecule is CN=C(NCC1(CCOC)CC1)N1CCN(c2cccs2)CC1.I. The molecule has 1 N–H and O–H groups in total. The summed E-state index contributed by atoms with van der Waals surface area (Å²) in [5, 5.41) is 7.13. The maximum atomic E-state index is 5.24. The van der Waals surface area contributed by atoms with E-state index in [4.69, 9.17) is 4.74 Å². The first-order chi connectivity index (χ1) is 11.3. The van der Waals surface area contributed by atoms with Gasteiger partial charge in [-0.3, -0.25) is 4.99 Å². The molecule has 2 aliphatic rings. The third-order valence-corrected chi connectivity index (χ3v) is 5.95. The van der Waals surface area contributed by atoms with Gasteiger partial charge in [-0.25, -0.2) is 0 Å². The summed E-state index contributed by atoms with van der Waals surface area (Å²) in [6.07, 6.45) is 3.78. The molecule has 0 spiro atoms. The average Bonchev–Trinajstić information content (AvgIpc) is 3.14. The fraction of sp³-hybridized carbons (Fsp3) is 0.706. The number of aliphatic imine (C=N–C) groups is 1. The molecule has 0 radical (unpaired) electrons. The number of guanidine groups is 1. The van der Waals surface area contributed by atoms with Crippen molar-refractivity contribution in [3.05, 3.63) is 17.5 Å². The molecule has 0 bridgehead atoms. The van der Waals surface area contributed by atoms with Crippen molar-refractivity contribution in [3.8, 4) is 0 Å². The first-order valence-electron chi connectivity index (χ1n) is 8.49. The van der Waals surface area contributed by atoms with Gasteiger partial charge in [0.15, 0.2) is 5.96 Å². The Hall–Kier alpha value is -0.540. The molecular formula is C17H29IN4OS. The van der Waals surface area contributed by atoms with Crippen molar-refractivity contribution in [2.75, 3.05) is 58.4 Å². The summed E-state index contributed by atoms with van der Waals surface area (Å²) in [7, 11) is 3.68. The van der Waals surface area contributed by atoms with Crippen LogP contribution in [0, 0.1) is 5.41 Å². The molecule has 136 valence electrons. The molecular weight excluding hydrogens is 435 g/mol. The highest BCUT2D eigenvalue weighted by Crippen LogP contribution is 2.48. The van der Waals surface area contributed by atoms with Crippen molar-refractivity contribution in [1.82, 2.24) is 10.2 Å². The van der Waals surface area contributed by atoms with Crippen LogP contribution < -0.4 is 10.2 Å². The number of ether oxygens (including phenoxy) is 1. The van der Waals surface area contributed by atoms with Gasteiger partial charge in [0.05, 0.1) is 5.00 Å². The van der Waals surface area contributed by atoms with Crippen molar-refractivity contribution >= 4 is 46.3 Å². The van der Waals surface area contributed by atoms with Crippen LogP contribution in [0.5, 0.6) is 0 Å². The van der Waals surface area contributed by atoms with E-state index < -0.39 is 0 Å². The van der Waals surface area contributed by atoms with Crippen LogP contribution in [0.2, 0.25) is 0 Å². The number of hydrogen-bond acceptors (Lipinski definition) is 4. The molecule has 24 heavy (non-hydrogen) atoms. The zero-order chi connectivity index (χ0) is 16.1. The van der Waals surface area contributed by atoms with Gasteiger partial charge in [0.25, 0.3) is 0 Å². The van der Waals surface area contributed by atoms with E-state index in [-0.39, 0.29) is 24.0 Å². The minimum Gasteiger partial charge on any atom is -0.385 e. The van der Waals surface area contributed by atoms with Gasteiger partial charge in [-0.2, -0.15) is 0 Å². The second-order valence-electron chi connectivity index (χ2n) is 6.57. The van der Waals surface area contributed by atoms with E-state index in [0.717, 1.165) is 51.7 Å². The zero-order valence-corrected chi connectivity index (χ0v) is 17.8. The number of nitrogens with one attached hydrogen (secondary N) is 1. The van der Waals surface area contributed by atoms with Crippen LogP contribution in [0.25, 0.3) is 0 Å². The van der Waals surface area contributed by atoms with Gasteiger partial charge in [-0.1, -0.05) is 0 Å². The molecule has 1 aromatic heterocycles. The van der Waals surface area contributed by atoms with Gasteiger partial charge in [0.1, 0.15) is 0 Å². The largest absolute Gasteiger partial charge is 0.385 e. The summed E-state index contributed by atoms with van der Waals surface area (Å²) in [4.78, 5) is 9.35. The number of methoxy groups -OCH3 is 1. The van der Waals surface area contributed by atoms with Gasteiger partial charge in [0, 0.05) is 53.5 Å². The maximum Gasteiger partial charge on any atom is 0.193 e. The molecule has 2 heterocycles. The van der Waals surface area contributed by atoms with Crippen LogP contribution in [0.4, 0.5) is 5.00 Å². The topological polar surface area (TPSA) is 40.1 Å². The number of halogens is 1. The van der Waals surface area contributed by atoms with Gasteiger partial charge in [-0.05, 0) is 42.2 Å². The molecule has 3 rings (SSSR count). The number of anilines is 1. The lowest BCUT2D eigenvalue weighted by Crippen LogP contribution is -2.53.